The van der Waals surface area contributed by atoms with Gasteiger partial charge in [0.2, 0.25) is 5.91 Å². The summed E-state index contributed by atoms with van der Waals surface area (Å²) in [5.74, 6) is -0.374. The summed E-state index contributed by atoms with van der Waals surface area (Å²) in [6.07, 6.45) is 3.97. The summed E-state index contributed by atoms with van der Waals surface area (Å²) < 4.78 is 40.2. The average molecular weight is 430 g/mol. The molecule has 2 aromatic rings. The minimum Gasteiger partial charge on any atom is -0.353 e. The molecular formula is C22H24FN3O3S. The second kappa shape index (κ2) is 7.83. The number of sulfonamides is 1. The molecule has 30 heavy (non-hydrogen) atoms. The number of nitrogens with zero attached hydrogens (tertiary/aromatic N) is 1. The number of benzene rings is 2. The van der Waals surface area contributed by atoms with Crippen LogP contribution in [0.25, 0.3) is 0 Å². The monoisotopic (exact) mass is 429 g/mol. The van der Waals surface area contributed by atoms with Crippen LogP contribution in [0.4, 0.5) is 4.39 Å². The molecule has 158 valence electrons. The van der Waals surface area contributed by atoms with Gasteiger partial charge in [-0.1, -0.05) is 37.1 Å². The van der Waals surface area contributed by atoms with Crippen molar-refractivity contribution < 1.29 is 17.6 Å². The molecule has 1 saturated carbocycles. The molecule has 1 aliphatic heterocycles. The maximum Gasteiger partial charge on any atom is 0.263 e. The van der Waals surface area contributed by atoms with Crippen molar-refractivity contribution in [1.29, 1.82) is 0 Å². The first kappa shape index (κ1) is 20.5. The fourth-order valence-corrected chi connectivity index (χ4v) is 5.55. The molecule has 0 unspecified atom stereocenters. The van der Waals surface area contributed by atoms with Gasteiger partial charge in [0, 0.05) is 17.5 Å². The molecule has 0 bridgehead atoms. The van der Waals surface area contributed by atoms with Crippen molar-refractivity contribution in [1.82, 2.24) is 10.0 Å². The number of nitrogens with one attached hydrogen (secondary N) is 2. The molecule has 1 atom stereocenters. The van der Waals surface area contributed by atoms with Gasteiger partial charge in [0.1, 0.15) is 17.7 Å². The zero-order valence-corrected chi connectivity index (χ0v) is 17.5. The number of fused-ring (bicyclic) bond motifs is 1. The SMILES string of the molecule is C[C@H](N=C1NS(=O)(=O)c2ccccc21)C(=O)NCC1(c2ccc(F)cc2)CCCC1. The van der Waals surface area contributed by atoms with Gasteiger partial charge < -0.3 is 5.32 Å². The quantitative estimate of drug-likeness (QED) is 0.766. The number of halogens is 1. The number of amidine groups is 1. The average Bonchev–Trinajstić information content (AvgIpc) is 3.31. The normalized spacial score (nSPS) is 21.1. The van der Waals surface area contributed by atoms with Crippen molar-refractivity contribution in [3.8, 4) is 0 Å². The highest BCUT2D eigenvalue weighted by Gasteiger charge is 2.36. The number of hydrogen-bond donors (Lipinski definition) is 2. The zero-order valence-electron chi connectivity index (χ0n) is 16.7. The summed E-state index contributed by atoms with van der Waals surface area (Å²) in [5.41, 5.74) is 1.28. The largest absolute Gasteiger partial charge is 0.353 e. The Morgan fingerprint density at radius 3 is 2.53 bits per heavy atom. The fourth-order valence-electron chi connectivity index (χ4n) is 4.31. The third-order valence-corrected chi connectivity index (χ3v) is 7.38. The number of carbonyl (C=O) groups excluding carboxylic acids is 1. The molecule has 2 aliphatic rings. The summed E-state index contributed by atoms with van der Waals surface area (Å²) in [4.78, 5) is 17.2. The summed E-state index contributed by atoms with van der Waals surface area (Å²) in [7, 11) is -3.64. The molecular weight excluding hydrogens is 405 g/mol. The van der Waals surface area contributed by atoms with Crippen LogP contribution >= 0.6 is 0 Å². The molecule has 1 fully saturated rings. The van der Waals surface area contributed by atoms with E-state index in [1.54, 1.807) is 37.3 Å². The highest BCUT2D eigenvalue weighted by molar-refractivity contribution is 7.90. The summed E-state index contributed by atoms with van der Waals surface area (Å²) >= 11 is 0. The fraction of sp³-hybridized carbons (Fsp3) is 0.364. The number of rotatable bonds is 5. The molecule has 0 spiro atoms. The van der Waals surface area contributed by atoms with Crippen LogP contribution in [0.3, 0.4) is 0 Å². The molecule has 1 amide bonds. The molecule has 1 heterocycles. The maximum absolute atomic E-state index is 13.3. The Morgan fingerprint density at radius 1 is 1.17 bits per heavy atom. The first-order valence-electron chi connectivity index (χ1n) is 10.0. The van der Waals surface area contributed by atoms with Crippen LogP contribution in [0.15, 0.2) is 58.4 Å². The predicted molar refractivity (Wildman–Crippen MR) is 112 cm³/mol. The van der Waals surface area contributed by atoms with Gasteiger partial charge in [-0.2, -0.15) is 0 Å². The van der Waals surface area contributed by atoms with Crippen molar-refractivity contribution >= 4 is 21.8 Å². The maximum atomic E-state index is 13.3. The first-order valence-corrected chi connectivity index (χ1v) is 11.5. The molecule has 4 rings (SSSR count). The lowest BCUT2D eigenvalue weighted by Crippen LogP contribution is -2.42. The minimum atomic E-state index is -3.64. The molecule has 6 nitrogen and oxygen atoms in total. The Hall–Kier alpha value is -2.74. The van der Waals surface area contributed by atoms with Gasteiger partial charge >= 0.3 is 0 Å². The Kier molecular flexibility index (Phi) is 5.36. The topological polar surface area (TPSA) is 87.6 Å². The molecule has 0 radical (unpaired) electrons. The Labute approximate surface area is 175 Å². The standard InChI is InChI=1S/C22H24FN3O3S/c1-15(25-20-18-6-2-3-7-19(18)30(28,29)26-20)21(27)24-14-22(12-4-5-13-22)16-8-10-17(23)11-9-16/h2-3,6-11,15H,4-5,12-14H2,1H3,(H,24,27)(H,25,26)/t15-/m0/s1. The summed E-state index contributed by atoms with van der Waals surface area (Å²) in [6, 6.07) is 12.3. The minimum absolute atomic E-state index is 0.164. The van der Waals surface area contributed by atoms with Crippen LogP contribution < -0.4 is 10.0 Å². The van der Waals surface area contributed by atoms with E-state index in [-0.39, 0.29) is 27.9 Å². The van der Waals surface area contributed by atoms with Gasteiger partial charge in [0.25, 0.3) is 10.0 Å². The Morgan fingerprint density at radius 2 is 1.83 bits per heavy atom. The highest BCUT2D eigenvalue weighted by Crippen LogP contribution is 2.40. The van der Waals surface area contributed by atoms with Crippen LogP contribution in [0.1, 0.15) is 43.7 Å². The number of amides is 1. The van der Waals surface area contributed by atoms with Crippen LogP contribution in [0.5, 0.6) is 0 Å². The van der Waals surface area contributed by atoms with Crippen LogP contribution in [-0.4, -0.2) is 32.7 Å². The van der Waals surface area contributed by atoms with Crippen molar-refractivity contribution in [2.45, 2.75) is 49.0 Å². The van der Waals surface area contributed by atoms with Crippen LogP contribution in [-0.2, 0) is 20.2 Å². The van der Waals surface area contributed by atoms with Gasteiger partial charge in [-0.25, -0.2) is 12.8 Å². The van der Waals surface area contributed by atoms with E-state index in [4.69, 9.17) is 0 Å². The van der Waals surface area contributed by atoms with E-state index in [1.807, 2.05) is 0 Å². The van der Waals surface area contributed by atoms with E-state index in [2.05, 4.69) is 15.0 Å². The lowest BCUT2D eigenvalue weighted by molar-refractivity contribution is -0.122. The molecule has 0 saturated heterocycles. The van der Waals surface area contributed by atoms with E-state index in [1.165, 1.54) is 18.2 Å². The third-order valence-electron chi connectivity index (χ3n) is 5.98. The van der Waals surface area contributed by atoms with Gasteiger partial charge in [-0.05, 0) is 49.6 Å². The smallest absolute Gasteiger partial charge is 0.263 e. The highest BCUT2D eigenvalue weighted by atomic mass is 32.2. The predicted octanol–water partition coefficient (Wildman–Crippen LogP) is 2.88. The van der Waals surface area contributed by atoms with Crippen molar-refractivity contribution in [2.24, 2.45) is 4.99 Å². The summed E-state index contributed by atoms with van der Waals surface area (Å²) in [5, 5.41) is 2.98. The second-order valence-electron chi connectivity index (χ2n) is 7.97. The van der Waals surface area contributed by atoms with Gasteiger partial charge in [0.15, 0.2) is 0 Å². The summed E-state index contributed by atoms with van der Waals surface area (Å²) in [6.45, 7) is 2.08. The number of aliphatic imine (C=N–C) groups is 1. The molecule has 2 aromatic carbocycles. The van der Waals surface area contributed by atoms with Crippen LogP contribution in [0, 0.1) is 5.82 Å². The molecule has 8 heteroatoms. The van der Waals surface area contributed by atoms with Crippen LogP contribution in [0.2, 0.25) is 0 Å². The second-order valence-corrected chi connectivity index (χ2v) is 9.62. The van der Waals surface area contributed by atoms with Crippen molar-refractivity contribution in [3.05, 3.63) is 65.5 Å². The third kappa shape index (κ3) is 3.84. The van der Waals surface area contributed by atoms with Gasteiger partial charge in [-0.3, -0.25) is 14.5 Å². The van der Waals surface area contributed by atoms with E-state index < -0.39 is 16.1 Å². The Bertz CT molecular complexity index is 1090. The lowest BCUT2D eigenvalue weighted by atomic mass is 9.78. The zero-order chi connectivity index (χ0) is 21.4. The van der Waals surface area contributed by atoms with Gasteiger partial charge in [-0.15, -0.1) is 0 Å². The van der Waals surface area contributed by atoms with E-state index in [0.717, 1.165) is 31.2 Å². The van der Waals surface area contributed by atoms with E-state index >= 15 is 0 Å². The molecule has 2 N–H and O–H groups in total. The van der Waals surface area contributed by atoms with Crippen molar-refractivity contribution in [2.75, 3.05) is 6.54 Å². The van der Waals surface area contributed by atoms with E-state index in [9.17, 15) is 17.6 Å². The van der Waals surface area contributed by atoms with Gasteiger partial charge in [0.05, 0.1) is 4.90 Å². The lowest BCUT2D eigenvalue weighted by Gasteiger charge is -2.30. The Balaban J connectivity index is 1.49. The number of carbonyl (C=O) groups is 1. The van der Waals surface area contributed by atoms with E-state index in [0.29, 0.717) is 12.1 Å². The molecule has 1 aliphatic carbocycles. The van der Waals surface area contributed by atoms with Crippen molar-refractivity contribution in [3.63, 3.8) is 0 Å². The number of hydrogen-bond acceptors (Lipinski definition) is 4. The first-order chi connectivity index (χ1) is 14.3. The molecule has 0 aromatic heterocycles.